The smallest absolute Gasteiger partial charge is 0.251 e. The number of hydrogen-bond acceptors (Lipinski definition) is 3. The molecule has 0 radical (unpaired) electrons. The number of nitrogens with zero attached hydrogens (tertiary/aromatic N) is 2. The van der Waals surface area contributed by atoms with Gasteiger partial charge in [-0.15, -0.1) is 0 Å². The highest BCUT2D eigenvalue weighted by Crippen LogP contribution is 2.09. The number of imidazole rings is 1. The van der Waals surface area contributed by atoms with Crippen LogP contribution in [0, 0.1) is 0 Å². The van der Waals surface area contributed by atoms with Crippen LogP contribution in [-0.2, 0) is 11.3 Å². The van der Waals surface area contributed by atoms with Crippen molar-refractivity contribution in [2.24, 2.45) is 0 Å². The van der Waals surface area contributed by atoms with E-state index in [9.17, 15) is 9.59 Å². The summed E-state index contributed by atoms with van der Waals surface area (Å²) in [6.07, 6.45) is 3.31. The fourth-order valence-corrected chi connectivity index (χ4v) is 1.82. The quantitative estimate of drug-likeness (QED) is 0.877. The molecule has 0 atom stereocenters. The predicted octanol–water partition coefficient (Wildman–Crippen LogP) is 1.45. The monoisotopic (exact) mass is 306 g/mol. The fourth-order valence-electron chi connectivity index (χ4n) is 1.69. The molecule has 0 spiro atoms. The van der Waals surface area contributed by atoms with Crippen molar-refractivity contribution >= 4 is 23.4 Å². The standard InChI is InChI=1S/C14H15ClN4O2/c1-19(9-12-16-6-7-17-12)13(20)8-18-14(21)10-2-4-11(15)5-3-10/h2-7H,8-9H2,1H3,(H,16,17)(H,18,21). The molecule has 2 N–H and O–H groups in total. The molecule has 0 fully saturated rings. The summed E-state index contributed by atoms with van der Waals surface area (Å²) in [5.74, 6) is 0.176. The van der Waals surface area contributed by atoms with Gasteiger partial charge in [-0.05, 0) is 24.3 Å². The number of benzene rings is 1. The number of hydrogen-bond donors (Lipinski definition) is 2. The molecular formula is C14H15ClN4O2. The van der Waals surface area contributed by atoms with Crippen molar-refractivity contribution in [2.75, 3.05) is 13.6 Å². The van der Waals surface area contributed by atoms with Crippen LogP contribution in [0.1, 0.15) is 16.2 Å². The summed E-state index contributed by atoms with van der Waals surface area (Å²) in [5, 5.41) is 3.13. The summed E-state index contributed by atoms with van der Waals surface area (Å²) in [4.78, 5) is 32.2. The average Bonchev–Trinajstić information content (AvgIpc) is 2.98. The first-order valence-electron chi connectivity index (χ1n) is 6.32. The second-order valence-electron chi connectivity index (χ2n) is 4.48. The predicted molar refractivity (Wildman–Crippen MR) is 78.8 cm³/mol. The highest BCUT2D eigenvalue weighted by molar-refractivity contribution is 6.30. The van der Waals surface area contributed by atoms with E-state index in [1.54, 1.807) is 43.7 Å². The number of carbonyl (C=O) groups excluding carboxylic acids is 2. The summed E-state index contributed by atoms with van der Waals surface area (Å²) in [7, 11) is 1.65. The van der Waals surface area contributed by atoms with Gasteiger partial charge in [0.05, 0.1) is 13.1 Å². The van der Waals surface area contributed by atoms with Crippen molar-refractivity contribution in [3.05, 3.63) is 53.1 Å². The van der Waals surface area contributed by atoms with Gasteiger partial charge in [0.25, 0.3) is 5.91 Å². The lowest BCUT2D eigenvalue weighted by Gasteiger charge is -2.16. The summed E-state index contributed by atoms with van der Waals surface area (Å²) < 4.78 is 0. The molecule has 1 aromatic heterocycles. The van der Waals surface area contributed by atoms with Crippen LogP contribution in [-0.4, -0.2) is 40.3 Å². The largest absolute Gasteiger partial charge is 0.347 e. The van der Waals surface area contributed by atoms with Gasteiger partial charge >= 0.3 is 0 Å². The normalized spacial score (nSPS) is 10.2. The summed E-state index contributed by atoms with van der Waals surface area (Å²) in [5.41, 5.74) is 0.459. The van der Waals surface area contributed by atoms with Crippen LogP contribution in [0.3, 0.4) is 0 Å². The molecular weight excluding hydrogens is 292 g/mol. The van der Waals surface area contributed by atoms with E-state index < -0.39 is 0 Å². The van der Waals surface area contributed by atoms with E-state index in [1.165, 1.54) is 4.90 Å². The third kappa shape index (κ3) is 4.32. The molecule has 0 unspecified atom stereocenters. The molecule has 1 heterocycles. The molecule has 7 heteroatoms. The number of amides is 2. The zero-order chi connectivity index (χ0) is 15.2. The number of halogens is 1. The summed E-state index contributed by atoms with van der Waals surface area (Å²) >= 11 is 5.75. The maximum absolute atomic E-state index is 11.9. The summed E-state index contributed by atoms with van der Waals surface area (Å²) in [6, 6.07) is 6.46. The van der Waals surface area contributed by atoms with Crippen LogP contribution >= 0.6 is 11.6 Å². The molecule has 0 aliphatic heterocycles. The van der Waals surface area contributed by atoms with E-state index in [-0.39, 0.29) is 18.4 Å². The van der Waals surface area contributed by atoms with Crippen LogP contribution in [0.15, 0.2) is 36.7 Å². The number of rotatable bonds is 5. The first-order valence-corrected chi connectivity index (χ1v) is 6.70. The summed E-state index contributed by atoms with van der Waals surface area (Å²) in [6.45, 7) is 0.293. The van der Waals surface area contributed by atoms with Gasteiger partial charge in [0, 0.05) is 30.0 Å². The first-order chi connectivity index (χ1) is 10.1. The topological polar surface area (TPSA) is 78.1 Å². The van der Waals surface area contributed by atoms with Crippen molar-refractivity contribution in [2.45, 2.75) is 6.54 Å². The lowest BCUT2D eigenvalue weighted by Crippen LogP contribution is -2.38. The minimum absolute atomic E-state index is 0.0708. The minimum Gasteiger partial charge on any atom is -0.347 e. The molecule has 0 saturated carbocycles. The molecule has 21 heavy (non-hydrogen) atoms. The molecule has 0 bridgehead atoms. The van der Waals surface area contributed by atoms with Gasteiger partial charge in [-0.1, -0.05) is 11.6 Å². The van der Waals surface area contributed by atoms with Gasteiger partial charge in [-0.2, -0.15) is 0 Å². The van der Waals surface area contributed by atoms with Crippen molar-refractivity contribution in [3.8, 4) is 0 Å². The van der Waals surface area contributed by atoms with Crippen molar-refractivity contribution in [3.63, 3.8) is 0 Å². The molecule has 6 nitrogen and oxygen atoms in total. The molecule has 2 amide bonds. The Morgan fingerprint density at radius 2 is 2.05 bits per heavy atom. The number of nitrogens with one attached hydrogen (secondary N) is 2. The molecule has 0 saturated heterocycles. The highest BCUT2D eigenvalue weighted by Gasteiger charge is 2.12. The van der Waals surface area contributed by atoms with Gasteiger partial charge in [-0.25, -0.2) is 4.98 Å². The van der Waals surface area contributed by atoms with E-state index in [0.29, 0.717) is 23.0 Å². The zero-order valence-corrected chi connectivity index (χ0v) is 12.2. The zero-order valence-electron chi connectivity index (χ0n) is 11.5. The van der Waals surface area contributed by atoms with E-state index >= 15 is 0 Å². The van der Waals surface area contributed by atoms with Crippen molar-refractivity contribution < 1.29 is 9.59 Å². The second-order valence-corrected chi connectivity index (χ2v) is 4.91. The molecule has 2 aromatic rings. The highest BCUT2D eigenvalue weighted by atomic mass is 35.5. The lowest BCUT2D eigenvalue weighted by molar-refractivity contribution is -0.129. The molecule has 0 aliphatic rings. The van der Waals surface area contributed by atoms with Crippen LogP contribution in [0.4, 0.5) is 0 Å². The number of H-pyrrole nitrogens is 1. The Bertz CT molecular complexity index is 610. The Balaban J connectivity index is 1.83. The van der Waals surface area contributed by atoms with Gasteiger partial charge in [0.1, 0.15) is 5.82 Å². The molecule has 2 rings (SSSR count). The Morgan fingerprint density at radius 1 is 1.33 bits per heavy atom. The lowest BCUT2D eigenvalue weighted by atomic mass is 10.2. The van der Waals surface area contributed by atoms with Crippen molar-refractivity contribution in [1.82, 2.24) is 20.2 Å². The van der Waals surface area contributed by atoms with Gasteiger partial charge in [-0.3, -0.25) is 9.59 Å². The fraction of sp³-hybridized carbons (Fsp3) is 0.214. The Kier molecular flexibility index (Phi) is 4.94. The van der Waals surface area contributed by atoms with Gasteiger partial charge in [0.15, 0.2) is 0 Å². The van der Waals surface area contributed by atoms with Crippen molar-refractivity contribution in [1.29, 1.82) is 0 Å². The van der Waals surface area contributed by atoms with E-state index in [1.807, 2.05) is 0 Å². The second kappa shape index (κ2) is 6.90. The van der Waals surface area contributed by atoms with Crippen LogP contribution < -0.4 is 5.32 Å². The SMILES string of the molecule is CN(Cc1ncc[nH]1)C(=O)CNC(=O)c1ccc(Cl)cc1. The van der Waals surface area contributed by atoms with Crippen LogP contribution in [0.2, 0.25) is 5.02 Å². The third-order valence-electron chi connectivity index (χ3n) is 2.87. The number of aromatic nitrogens is 2. The molecule has 1 aromatic carbocycles. The Hall–Kier alpha value is -2.34. The molecule has 0 aliphatic carbocycles. The van der Waals surface area contributed by atoms with Crippen LogP contribution in [0.25, 0.3) is 0 Å². The number of aromatic amines is 1. The Morgan fingerprint density at radius 3 is 2.67 bits per heavy atom. The maximum atomic E-state index is 11.9. The average molecular weight is 307 g/mol. The van der Waals surface area contributed by atoms with E-state index in [4.69, 9.17) is 11.6 Å². The van der Waals surface area contributed by atoms with Gasteiger partial charge in [0.2, 0.25) is 5.91 Å². The van der Waals surface area contributed by atoms with Crippen LogP contribution in [0.5, 0.6) is 0 Å². The third-order valence-corrected chi connectivity index (χ3v) is 3.13. The number of carbonyl (C=O) groups is 2. The first kappa shape index (κ1) is 15.1. The van der Waals surface area contributed by atoms with Gasteiger partial charge < -0.3 is 15.2 Å². The number of likely N-dealkylation sites (N-methyl/N-ethyl adjacent to an activating group) is 1. The minimum atomic E-state index is -0.314. The van der Waals surface area contributed by atoms with E-state index in [2.05, 4.69) is 15.3 Å². The maximum Gasteiger partial charge on any atom is 0.251 e. The van der Waals surface area contributed by atoms with E-state index in [0.717, 1.165) is 0 Å². The molecule has 110 valence electrons. The Labute approximate surface area is 127 Å².